The van der Waals surface area contributed by atoms with Gasteiger partial charge < -0.3 is 10.5 Å². The molecule has 0 saturated heterocycles. The van der Waals surface area contributed by atoms with E-state index in [1.54, 1.807) is 0 Å². The second-order valence-electron chi connectivity index (χ2n) is 3.11. The number of nitrogens with two attached hydrogens (primary N) is 1. The second-order valence-corrected chi connectivity index (χ2v) is 3.11. The highest BCUT2D eigenvalue weighted by atomic mass is 16.5. The summed E-state index contributed by atoms with van der Waals surface area (Å²) >= 11 is 0. The van der Waals surface area contributed by atoms with Crippen LogP contribution >= 0.6 is 0 Å². The van der Waals surface area contributed by atoms with Gasteiger partial charge >= 0.3 is 0 Å². The lowest BCUT2D eigenvalue weighted by Crippen LogP contribution is -2.25. The predicted octanol–water partition coefficient (Wildman–Crippen LogP) is 0.677. The molecule has 1 aliphatic rings. The monoisotopic (exact) mass is 157 g/mol. The average Bonchev–Trinajstić information content (AvgIpc) is 2.07. The number of hydrogen-bond acceptors (Lipinski definition) is 3. The molecule has 0 aliphatic heterocycles. The highest BCUT2D eigenvalue weighted by Gasteiger charge is 2.20. The fraction of sp³-hybridized carbons (Fsp3) is 0.875. The van der Waals surface area contributed by atoms with Crippen molar-refractivity contribution in [3.05, 3.63) is 0 Å². The van der Waals surface area contributed by atoms with E-state index in [1.165, 1.54) is 0 Å². The Bertz CT molecular complexity index is 119. The summed E-state index contributed by atoms with van der Waals surface area (Å²) in [5.41, 5.74) is 5.51. The van der Waals surface area contributed by atoms with Crippen LogP contribution in [0.2, 0.25) is 0 Å². The average molecular weight is 157 g/mol. The van der Waals surface area contributed by atoms with Gasteiger partial charge in [0.2, 0.25) is 0 Å². The molecule has 0 aromatic rings. The standard InChI is InChI=1S/C8H15NO2/c9-5-7-1-3-8(4-2-7)11-6-10/h6-8H,1-5,9H2. The van der Waals surface area contributed by atoms with Crippen LogP contribution in [0, 0.1) is 5.92 Å². The smallest absolute Gasteiger partial charge is 0.293 e. The zero-order chi connectivity index (χ0) is 8.10. The third-order valence-corrected chi connectivity index (χ3v) is 2.38. The fourth-order valence-electron chi connectivity index (χ4n) is 1.58. The van der Waals surface area contributed by atoms with Crippen molar-refractivity contribution < 1.29 is 9.53 Å². The summed E-state index contributed by atoms with van der Waals surface area (Å²) in [6.07, 6.45) is 4.35. The molecule has 0 amide bonds. The first-order valence-corrected chi connectivity index (χ1v) is 4.16. The SMILES string of the molecule is NCC1CCC(OC=O)CC1. The van der Waals surface area contributed by atoms with Crippen LogP contribution in [0.25, 0.3) is 0 Å². The van der Waals surface area contributed by atoms with Crippen molar-refractivity contribution in [1.29, 1.82) is 0 Å². The molecule has 64 valence electrons. The van der Waals surface area contributed by atoms with Crippen LogP contribution in [0.4, 0.5) is 0 Å². The lowest BCUT2D eigenvalue weighted by molar-refractivity contribution is -0.135. The Kier molecular flexibility index (Phi) is 3.36. The van der Waals surface area contributed by atoms with E-state index in [9.17, 15) is 4.79 Å². The van der Waals surface area contributed by atoms with Gasteiger partial charge in [0.1, 0.15) is 6.10 Å². The summed E-state index contributed by atoms with van der Waals surface area (Å²) < 4.78 is 4.85. The first-order valence-electron chi connectivity index (χ1n) is 4.16. The number of ether oxygens (including phenoxy) is 1. The quantitative estimate of drug-likeness (QED) is 0.613. The van der Waals surface area contributed by atoms with E-state index >= 15 is 0 Å². The fourth-order valence-corrected chi connectivity index (χ4v) is 1.58. The largest absolute Gasteiger partial charge is 0.465 e. The normalized spacial score (nSPS) is 31.4. The molecule has 0 bridgehead atoms. The zero-order valence-electron chi connectivity index (χ0n) is 6.66. The van der Waals surface area contributed by atoms with E-state index in [-0.39, 0.29) is 6.10 Å². The molecule has 0 heterocycles. The first kappa shape index (κ1) is 8.53. The van der Waals surface area contributed by atoms with Gasteiger partial charge in [-0.2, -0.15) is 0 Å². The van der Waals surface area contributed by atoms with Crippen LogP contribution in [-0.2, 0) is 9.53 Å². The lowest BCUT2D eigenvalue weighted by atomic mass is 9.87. The summed E-state index contributed by atoms with van der Waals surface area (Å²) in [5.74, 6) is 0.654. The van der Waals surface area contributed by atoms with Crippen LogP contribution in [0.1, 0.15) is 25.7 Å². The molecule has 3 heteroatoms. The molecule has 11 heavy (non-hydrogen) atoms. The van der Waals surface area contributed by atoms with Gasteiger partial charge in [0, 0.05) is 0 Å². The van der Waals surface area contributed by atoms with E-state index < -0.39 is 0 Å². The highest BCUT2D eigenvalue weighted by Crippen LogP contribution is 2.24. The molecule has 2 N–H and O–H groups in total. The first-order chi connectivity index (χ1) is 5.36. The molecule has 1 saturated carbocycles. The van der Waals surface area contributed by atoms with E-state index in [0.717, 1.165) is 32.2 Å². The molecule has 0 radical (unpaired) electrons. The van der Waals surface area contributed by atoms with Crippen molar-refractivity contribution in [3.8, 4) is 0 Å². The van der Waals surface area contributed by atoms with Crippen molar-refractivity contribution >= 4 is 6.47 Å². The van der Waals surface area contributed by atoms with Crippen molar-refractivity contribution in [2.24, 2.45) is 11.7 Å². The number of carbonyl (C=O) groups is 1. The van der Waals surface area contributed by atoms with Gasteiger partial charge in [0.05, 0.1) is 0 Å². The minimum Gasteiger partial charge on any atom is -0.465 e. The van der Waals surface area contributed by atoms with E-state index in [1.807, 2.05) is 0 Å². The minimum atomic E-state index is 0.162. The van der Waals surface area contributed by atoms with Crippen molar-refractivity contribution in [2.45, 2.75) is 31.8 Å². The molecular weight excluding hydrogens is 142 g/mol. The maximum Gasteiger partial charge on any atom is 0.293 e. The van der Waals surface area contributed by atoms with Crippen LogP contribution < -0.4 is 5.73 Å². The van der Waals surface area contributed by atoms with Gasteiger partial charge in [-0.05, 0) is 38.1 Å². The Labute approximate surface area is 66.9 Å². The summed E-state index contributed by atoms with van der Waals surface area (Å²) in [7, 11) is 0. The second kappa shape index (κ2) is 4.34. The molecular formula is C8H15NO2. The topological polar surface area (TPSA) is 52.3 Å². The number of carbonyl (C=O) groups excluding carboxylic acids is 1. The van der Waals surface area contributed by atoms with Crippen LogP contribution in [0.5, 0.6) is 0 Å². The molecule has 1 fully saturated rings. The van der Waals surface area contributed by atoms with E-state index in [2.05, 4.69) is 0 Å². The molecule has 0 unspecified atom stereocenters. The Hall–Kier alpha value is -0.570. The van der Waals surface area contributed by atoms with Gasteiger partial charge in [-0.15, -0.1) is 0 Å². The van der Waals surface area contributed by atoms with Crippen LogP contribution in [0.15, 0.2) is 0 Å². The summed E-state index contributed by atoms with van der Waals surface area (Å²) in [6, 6.07) is 0. The molecule has 3 nitrogen and oxygen atoms in total. The third-order valence-electron chi connectivity index (χ3n) is 2.38. The Balaban J connectivity index is 2.18. The molecule has 0 spiro atoms. The molecule has 1 aliphatic carbocycles. The third kappa shape index (κ3) is 2.50. The molecule has 0 atom stereocenters. The number of rotatable bonds is 3. The predicted molar refractivity (Wildman–Crippen MR) is 41.9 cm³/mol. The van der Waals surface area contributed by atoms with Gasteiger partial charge in [0.15, 0.2) is 0 Å². The number of hydrogen-bond donors (Lipinski definition) is 1. The Morgan fingerprint density at radius 3 is 2.45 bits per heavy atom. The lowest BCUT2D eigenvalue weighted by Gasteiger charge is -2.25. The summed E-state index contributed by atoms with van der Waals surface area (Å²) in [4.78, 5) is 9.98. The van der Waals surface area contributed by atoms with Crippen molar-refractivity contribution in [1.82, 2.24) is 0 Å². The highest BCUT2D eigenvalue weighted by molar-refractivity contribution is 5.37. The molecule has 0 aromatic heterocycles. The van der Waals surface area contributed by atoms with E-state index in [4.69, 9.17) is 10.5 Å². The maximum absolute atomic E-state index is 9.98. The molecule has 0 aromatic carbocycles. The molecule has 1 rings (SSSR count). The summed E-state index contributed by atoms with van der Waals surface area (Å²) in [5, 5.41) is 0. The van der Waals surface area contributed by atoms with Gasteiger partial charge in [-0.25, -0.2) is 0 Å². The van der Waals surface area contributed by atoms with Crippen molar-refractivity contribution in [3.63, 3.8) is 0 Å². The minimum absolute atomic E-state index is 0.162. The van der Waals surface area contributed by atoms with Crippen LogP contribution in [0.3, 0.4) is 0 Å². The Morgan fingerprint density at radius 1 is 1.36 bits per heavy atom. The van der Waals surface area contributed by atoms with Gasteiger partial charge in [-0.1, -0.05) is 0 Å². The van der Waals surface area contributed by atoms with Crippen LogP contribution in [-0.4, -0.2) is 19.1 Å². The van der Waals surface area contributed by atoms with Crippen molar-refractivity contribution in [2.75, 3.05) is 6.54 Å². The maximum atomic E-state index is 9.98. The zero-order valence-corrected chi connectivity index (χ0v) is 6.66. The Morgan fingerprint density at radius 2 is 2.00 bits per heavy atom. The van der Waals surface area contributed by atoms with Gasteiger partial charge in [0.25, 0.3) is 6.47 Å². The summed E-state index contributed by atoms with van der Waals surface area (Å²) in [6.45, 7) is 1.32. The van der Waals surface area contributed by atoms with Gasteiger partial charge in [-0.3, -0.25) is 4.79 Å². The van der Waals surface area contributed by atoms with E-state index in [0.29, 0.717) is 12.4 Å².